The van der Waals surface area contributed by atoms with Crippen molar-refractivity contribution in [2.24, 2.45) is 0 Å². The van der Waals surface area contributed by atoms with E-state index in [0.717, 1.165) is 16.4 Å². The van der Waals surface area contributed by atoms with Gasteiger partial charge in [0.25, 0.3) is 10.0 Å². The molecule has 0 spiro atoms. The van der Waals surface area contributed by atoms with Crippen LogP contribution in [0.1, 0.15) is 10.6 Å². The molecule has 0 atom stereocenters. The molecule has 0 amide bonds. The second kappa shape index (κ2) is 4.82. The predicted molar refractivity (Wildman–Crippen MR) is 62.3 cm³/mol. The lowest BCUT2D eigenvalue weighted by Gasteiger charge is -2.24. The van der Waals surface area contributed by atoms with E-state index >= 15 is 0 Å². The van der Waals surface area contributed by atoms with Crippen molar-refractivity contribution < 1.29 is 26.9 Å². The molecule has 0 unspecified atom stereocenters. The number of hydrogen-bond donors (Lipinski definition) is 1. The molecule has 9 heteroatoms. The van der Waals surface area contributed by atoms with Crippen LogP contribution in [0, 0.1) is 0 Å². The van der Waals surface area contributed by atoms with Crippen LogP contribution in [0.5, 0.6) is 0 Å². The fraction of sp³-hybridized carbons (Fsp3) is 0.444. The summed E-state index contributed by atoms with van der Waals surface area (Å²) in [5, 5.41) is 8.27. The maximum Gasteiger partial charge on any atom is 0.371 e. The average molecular weight is 293 g/mol. The molecule has 0 saturated carbocycles. The predicted octanol–water partition coefficient (Wildman–Crippen LogP) is -0.269. The third-order valence-corrected chi connectivity index (χ3v) is 5.57. The molecule has 1 aliphatic heterocycles. The number of nitrogens with zero attached hydrogens (tertiary/aromatic N) is 1. The standard InChI is InChI=1S/C9H11NO6S2/c11-9(12)7-1-2-8(16-7)18(14,15)10-3-5-17(13)6-4-10/h1-2H,3-6H2,(H,11,12). The lowest BCUT2D eigenvalue weighted by molar-refractivity contribution is 0.0656. The van der Waals surface area contributed by atoms with Crippen molar-refractivity contribution in [2.45, 2.75) is 5.09 Å². The third-order valence-electron chi connectivity index (χ3n) is 2.52. The number of furan rings is 1. The fourth-order valence-corrected chi connectivity index (χ4v) is 4.20. The highest BCUT2D eigenvalue weighted by molar-refractivity contribution is 7.89. The van der Waals surface area contributed by atoms with Crippen LogP contribution in [0.25, 0.3) is 0 Å². The average Bonchev–Trinajstić information content (AvgIpc) is 2.79. The Labute approximate surface area is 106 Å². The molecular weight excluding hydrogens is 282 g/mol. The minimum atomic E-state index is -3.83. The van der Waals surface area contributed by atoms with Crippen LogP contribution in [0.2, 0.25) is 0 Å². The summed E-state index contributed by atoms with van der Waals surface area (Å²) in [6.45, 7) is 0.302. The second-order valence-electron chi connectivity index (χ2n) is 3.68. The monoisotopic (exact) mass is 293 g/mol. The lowest BCUT2D eigenvalue weighted by atomic mass is 10.5. The van der Waals surface area contributed by atoms with E-state index in [-0.39, 0.29) is 24.6 Å². The van der Waals surface area contributed by atoms with Gasteiger partial charge >= 0.3 is 5.97 Å². The summed E-state index contributed by atoms with van der Waals surface area (Å²) in [4.78, 5) is 10.6. The number of carboxylic acid groups (broad SMARTS) is 1. The van der Waals surface area contributed by atoms with Crippen LogP contribution in [-0.4, -0.2) is 52.6 Å². The molecule has 1 fully saturated rings. The van der Waals surface area contributed by atoms with Crippen molar-refractivity contribution in [3.63, 3.8) is 0 Å². The first-order valence-corrected chi connectivity index (χ1v) is 8.02. The molecule has 1 saturated heterocycles. The number of sulfonamides is 1. The van der Waals surface area contributed by atoms with E-state index in [9.17, 15) is 17.4 Å². The third kappa shape index (κ3) is 2.47. The Morgan fingerprint density at radius 1 is 1.33 bits per heavy atom. The molecule has 100 valence electrons. The van der Waals surface area contributed by atoms with Gasteiger partial charge in [-0.05, 0) is 12.1 Å². The summed E-state index contributed by atoms with van der Waals surface area (Å²) < 4.78 is 41.2. The molecule has 2 rings (SSSR count). The highest BCUT2D eigenvalue weighted by Crippen LogP contribution is 2.20. The van der Waals surface area contributed by atoms with Gasteiger partial charge in [0, 0.05) is 35.4 Å². The molecule has 0 aliphatic carbocycles. The second-order valence-corrected chi connectivity index (χ2v) is 7.24. The van der Waals surface area contributed by atoms with Gasteiger partial charge in [-0.3, -0.25) is 4.21 Å². The normalized spacial score (nSPS) is 18.9. The van der Waals surface area contributed by atoms with E-state index in [0.29, 0.717) is 0 Å². The van der Waals surface area contributed by atoms with Crippen LogP contribution in [-0.2, 0) is 20.8 Å². The largest absolute Gasteiger partial charge is 0.475 e. The summed E-state index contributed by atoms with van der Waals surface area (Å²) >= 11 is 0. The van der Waals surface area contributed by atoms with E-state index in [1.807, 2.05) is 0 Å². The number of hydrogen-bond acceptors (Lipinski definition) is 5. The van der Waals surface area contributed by atoms with Gasteiger partial charge in [0.1, 0.15) is 0 Å². The zero-order chi connectivity index (χ0) is 13.3. The van der Waals surface area contributed by atoms with Gasteiger partial charge in [0.2, 0.25) is 10.9 Å². The number of rotatable bonds is 3. The fourth-order valence-electron chi connectivity index (χ4n) is 1.56. The minimum absolute atomic E-state index is 0.151. The van der Waals surface area contributed by atoms with Crippen LogP contribution in [0.3, 0.4) is 0 Å². The minimum Gasteiger partial charge on any atom is -0.475 e. The van der Waals surface area contributed by atoms with Gasteiger partial charge in [0.05, 0.1) is 0 Å². The topological polar surface area (TPSA) is 105 Å². The summed E-state index contributed by atoms with van der Waals surface area (Å²) in [7, 11) is -4.81. The van der Waals surface area contributed by atoms with Crippen molar-refractivity contribution in [2.75, 3.05) is 24.6 Å². The molecule has 0 aromatic carbocycles. The van der Waals surface area contributed by atoms with E-state index in [1.165, 1.54) is 0 Å². The zero-order valence-electron chi connectivity index (χ0n) is 9.24. The number of aromatic carboxylic acids is 1. The number of carbonyl (C=O) groups is 1. The zero-order valence-corrected chi connectivity index (χ0v) is 10.9. The highest BCUT2D eigenvalue weighted by Gasteiger charge is 2.31. The van der Waals surface area contributed by atoms with Gasteiger partial charge in [-0.25, -0.2) is 13.2 Å². The molecule has 1 N–H and O–H groups in total. The number of carboxylic acids is 1. The van der Waals surface area contributed by atoms with Gasteiger partial charge in [-0.2, -0.15) is 4.31 Å². The molecule has 1 aromatic heterocycles. The molecule has 2 heterocycles. The first kappa shape index (κ1) is 13.2. The van der Waals surface area contributed by atoms with Gasteiger partial charge < -0.3 is 9.52 Å². The SMILES string of the molecule is O=C(O)c1ccc(S(=O)(=O)N2CCS(=O)CC2)o1. The van der Waals surface area contributed by atoms with E-state index < -0.39 is 37.6 Å². The smallest absolute Gasteiger partial charge is 0.371 e. The Morgan fingerprint density at radius 2 is 1.94 bits per heavy atom. The molecule has 0 bridgehead atoms. The van der Waals surface area contributed by atoms with Crippen molar-refractivity contribution in [3.8, 4) is 0 Å². The Kier molecular flexibility index (Phi) is 3.55. The summed E-state index contributed by atoms with van der Waals surface area (Å²) in [6, 6.07) is 2.21. The Hall–Kier alpha value is -1.19. The van der Waals surface area contributed by atoms with Crippen LogP contribution in [0.4, 0.5) is 0 Å². The molecule has 1 aromatic rings. The van der Waals surface area contributed by atoms with E-state index in [4.69, 9.17) is 9.52 Å². The van der Waals surface area contributed by atoms with E-state index in [2.05, 4.69) is 0 Å². The molecule has 0 radical (unpaired) electrons. The van der Waals surface area contributed by atoms with Crippen molar-refractivity contribution in [1.82, 2.24) is 4.31 Å². The van der Waals surface area contributed by atoms with Gasteiger partial charge in [0.15, 0.2) is 0 Å². The lowest BCUT2D eigenvalue weighted by Crippen LogP contribution is -2.41. The van der Waals surface area contributed by atoms with Crippen molar-refractivity contribution in [1.29, 1.82) is 0 Å². The first-order valence-electron chi connectivity index (χ1n) is 5.09. The summed E-state index contributed by atoms with van der Waals surface area (Å²) in [5.74, 6) is -1.18. The first-order chi connectivity index (χ1) is 8.41. The van der Waals surface area contributed by atoms with Crippen molar-refractivity contribution >= 4 is 26.8 Å². The van der Waals surface area contributed by atoms with Gasteiger partial charge in [-0.1, -0.05) is 0 Å². The van der Waals surface area contributed by atoms with Crippen LogP contribution < -0.4 is 0 Å². The molecule has 18 heavy (non-hydrogen) atoms. The maximum absolute atomic E-state index is 12.1. The Bertz CT molecular complexity index is 580. The molecular formula is C9H11NO6S2. The molecule has 7 nitrogen and oxygen atoms in total. The Morgan fingerprint density at radius 3 is 2.44 bits per heavy atom. The summed E-state index contributed by atoms with van der Waals surface area (Å²) in [6.07, 6.45) is 0. The molecule has 1 aliphatic rings. The van der Waals surface area contributed by atoms with Crippen LogP contribution in [0.15, 0.2) is 21.6 Å². The summed E-state index contributed by atoms with van der Waals surface area (Å²) in [5.41, 5.74) is 0. The van der Waals surface area contributed by atoms with E-state index in [1.54, 1.807) is 0 Å². The van der Waals surface area contributed by atoms with Crippen LogP contribution >= 0.6 is 0 Å². The van der Waals surface area contributed by atoms with Crippen molar-refractivity contribution in [3.05, 3.63) is 17.9 Å². The highest BCUT2D eigenvalue weighted by atomic mass is 32.2. The quantitative estimate of drug-likeness (QED) is 0.822. The Balaban J connectivity index is 2.24. The van der Waals surface area contributed by atoms with Gasteiger partial charge in [-0.15, -0.1) is 0 Å². The maximum atomic E-state index is 12.1.